The molecule has 0 saturated carbocycles. The smallest absolute Gasteiger partial charge is 0.341 e. The Bertz CT molecular complexity index is 662. The van der Waals surface area contributed by atoms with Crippen LogP contribution in [0.2, 0.25) is 0 Å². The number of carbonyl (C=O) groups is 2. The van der Waals surface area contributed by atoms with E-state index < -0.39 is 41.3 Å². The Morgan fingerprint density at radius 3 is 2.42 bits per heavy atom. The molecule has 0 spiro atoms. The van der Waals surface area contributed by atoms with Crippen LogP contribution in [-0.2, 0) is 4.79 Å². The van der Waals surface area contributed by atoms with Crippen molar-refractivity contribution in [1.82, 2.24) is 4.90 Å². The van der Waals surface area contributed by atoms with Crippen molar-refractivity contribution in [3.05, 3.63) is 45.6 Å². The van der Waals surface area contributed by atoms with Gasteiger partial charge in [-0.25, -0.2) is 13.6 Å². The molecule has 0 aliphatic heterocycles. The van der Waals surface area contributed by atoms with E-state index in [-0.39, 0.29) is 4.47 Å². The molecular formula is C16H18BrF2NO4. The molecule has 1 aromatic rings. The largest absolute Gasteiger partial charge is 0.477 e. The van der Waals surface area contributed by atoms with Gasteiger partial charge in [0, 0.05) is 18.8 Å². The SMILES string of the molecule is CC(C)CCN(/C=C(\C(=O)O)C(=O)c1cc(Br)c(F)cc1F)CO. The highest BCUT2D eigenvalue weighted by Crippen LogP contribution is 2.22. The zero-order chi connectivity index (χ0) is 18.4. The molecular weight excluding hydrogens is 388 g/mol. The van der Waals surface area contributed by atoms with Crippen molar-refractivity contribution in [2.24, 2.45) is 5.92 Å². The van der Waals surface area contributed by atoms with Crippen LogP contribution in [0.3, 0.4) is 0 Å². The number of ketones is 1. The molecule has 24 heavy (non-hydrogen) atoms. The maximum absolute atomic E-state index is 13.8. The minimum absolute atomic E-state index is 0.157. The van der Waals surface area contributed by atoms with Gasteiger partial charge in [-0.2, -0.15) is 0 Å². The van der Waals surface area contributed by atoms with Gasteiger partial charge in [0.2, 0.25) is 5.78 Å². The lowest BCUT2D eigenvalue weighted by Crippen LogP contribution is -2.25. The highest BCUT2D eigenvalue weighted by atomic mass is 79.9. The Hall–Kier alpha value is -1.80. The Balaban J connectivity index is 3.19. The number of carbonyl (C=O) groups excluding carboxylic acids is 1. The maximum Gasteiger partial charge on any atom is 0.341 e. The fourth-order valence-corrected chi connectivity index (χ4v) is 2.18. The molecule has 0 saturated heterocycles. The monoisotopic (exact) mass is 405 g/mol. The number of halogens is 3. The number of aliphatic carboxylic acids is 1. The summed E-state index contributed by atoms with van der Waals surface area (Å²) in [4.78, 5) is 24.9. The van der Waals surface area contributed by atoms with Crippen LogP contribution < -0.4 is 0 Å². The summed E-state index contributed by atoms with van der Waals surface area (Å²) in [5.41, 5.74) is -1.29. The molecule has 0 atom stereocenters. The number of aliphatic hydroxyl groups excluding tert-OH is 1. The highest BCUT2D eigenvalue weighted by Gasteiger charge is 2.24. The lowest BCUT2D eigenvalue weighted by Gasteiger charge is -2.19. The molecule has 132 valence electrons. The van der Waals surface area contributed by atoms with Gasteiger partial charge in [-0.05, 0) is 34.3 Å². The van der Waals surface area contributed by atoms with Crippen LogP contribution in [0, 0.1) is 17.6 Å². The summed E-state index contributed by atoms with van der Waals surface area (Å²) in [5, 5.41) is 18.5. The highest BCUT2D eigenvalue weighted by molar-refractivity contribution is 9.10. The summed E-state index contributed by atoms with van der Waals surface area (Å²) < 4.78 is 26.9. The van der Waals surface area contributed by atoms with Crippen LogP contribution in [-0.4, -0.2) is 40.1 Å². The third kappa shape index (κ3) is 5.38. The first-order valence-electron chi connectivity index (χ1n) is 7.16. The van der Waals surface area contributed by atoms with Gasteiger partial charge in [-0.15, -0.1) is 0 Å². The Morgan fingerprint density at radius 1 is 1.29 bits per heavy atom. The van der Waals surface area contributed by atoms with Gasteiger partial charge in [0.05, 0.1) is 10.0 Å². The number of rotatable bonds is 8. The molecule has 0 radical (unpaired) electrons. The molecule has 2 N–H and O–H groups in total. The van der Waals surface area contributed by atoms with E-state index in [2.05, 4.69) is 15.9 Å². The second-order valence-corrected chi connectivity index (χ2v) is 6.41. The summed E-state index contributed by atoms with van der Waals surface area (Å²) in [6.07, 6.45) is 1.64. The van der Waals surface area contributed by atoms with E-state index in [0.717, 1.165) is 12.3 Å². The van der Waals surface area contributed by atoms with Crippen LogP contribution in [0.1, 0.15) is 30.6 Å². The van der Waals surface area contributed by atoms with Crippen LogP contribution in [0.15, 0.2) is 28.4 Å². The van der Waals surface area contributed by atoms with Crippen molar-refractivity contribution in [1.29, 1.82) is 0 Å². The normalized spacial score (nSPS) is 11.7. The first kappa shape index (κ1) is 20.2. The summed E-state index contributed by atoms with van der Waals surface area (Å²) in [5.74, 6) is -4.43. The molecule has 0 aliphatic rings. The number of Topliss-reactive ketones (excluding diaryl/α,β-unsaturated/α-hetero) is 1. The van der Waals surface area contributed by atoms with Crippen molar-refractivity contribution in [2.75, 3.05) is 13.3 Å². The van der Waals surface area contributed by atoms with Crippen molar-refractivity contribution in [3.8, 4) is 0 Å². The molecule has 0 fully saturated rings. The van der Waals surface area contributed by atoms with E-state index in [9.17, 15) is 28.6 Å². The fraction of sp³-hybridized carbons (Fsp3) is 0.375. The molecule has 1 aromatic carbocycles. The second kappa shape index (κ2) is 8.89. The van der Waals surface area contributed by atoms with Crippen LogP contribution in [0.25, 0.3) is 0 Å². The molecule has 0 unspecified atom stereocenters. The molecule has 0 amide bonds. The standard InChI is InChI=1S/C16H18BrF2NO4/c1-9(2)3-4-20(8-21)7-11(16(23)24)15(22)10-5-12(17)14(19)6-13(10)18/h5-7,9,21H,3-4,8H2,1-2H3,(H,23,24)/b11-7-. The molecule has 0 heterocycles. The van der Waals surface area contributed by atoms with Gasteiger partial charge in [-0.1, -0.05) is 13.8 Å². The minimum Gasteiger partial charge on any atom is -0.477 e. The van der Waals surface area contributed by atoms with Crippen molar-refractivity contribution in [3.63, 3.8) is 0 Å². The van der Waals surface area contributed by atoms with Crippen LogP contribution >= 0.6 is 15.9 Å². The Labute approximate surface area is 146 Å². The predicted octanol–water partition coefficient (Wildman–Crippen LogP) is 3.18. The summed E-state index contributed by atoms with van der Waals surface area (Å²) in [6.45, 7) is 3.74. The average Bonchev–Trinajstić information content (AvgIpc) is 2.50. The van der Waals surface area contributed by atoms with Gasteiger partial charge in [0.15, 0.2) is 0 Å². The van der Waals surface area contributed by atoms with Crippen LogP contribution in [0.5, 0.6) is 0 Å². The van der Waals surface area contributed by atoms with Crippen molar-refractivity contribution >= 4 is 27.7 Å². The van der Waals surface area contributed by atoms with Gasteiger partial charge >= 0.3 is 5.97 Å². The molecule has 0 aliphatic carbocycles. The Kier molecular flexibility index (Phi) is 7.50. The topological polar surface area (TPSA) is 77.8 Å². The second-order valence-electron chi connectivity index (χ2n) is 5.56. The van der Waals surface area contributed by atoms with E-state index in [1.165, 1.54) is 4.90 Å². The zero-order valence-corrected chi connectivity index (χ0v) is 14.8. The number of hydrogen-bond donors (Lipinski definition) is 2. The molecule has 5 nitrogen and oxygen atoms in total. The molecule has 0 aromatic heterocycles. The number of benzene rings is 1. The molecule has 0 bridgehead atoms. The van der Waals surface area contributed by atoms with E-state index in [0.29, 0.717) is 24.9 Å². The number of carboxylic acids is 1. The minimum atomic E-state index is -1.57. The third-order valence-electron chi connectivity index (χ3n) is 3.22. The summed E-state index contributed by atoms with van der Waals surface area (Å²) in [6, 6.07) is 1.39. The van der Waals surface area contributed by atoms with Crippen molar-refractivity contribution in [2.45, 2.75) is 20.3 Å². The van der Waals surface area contributed by atoms with Gasteiger partial charge in [0.1, 0.15) is 23.9 Å². The van der Waals surface area contributed by atoms with E-state index in [4.69, 9.17) is 0 Å². The van der Waals surface area contributed by atoms with Gasteiger partial charge in [-0.3, -0.25) is 4.79 Å². The fourth-order valence-electron chi connectivity index (χ4n) is 1.84. The van der Waals surface area contributed by atoms with Gasteiger partial charge in [0.25, 0.3) is 0 Å². The maximum atomic E-state index is 13.8. The lowest BCUT2D eigenvalue weighted by atomic mass is 10.0. The Morgan fingerprint density at radius 2 is 1.92 bits per heavy atom. The quantitative estimate of drug-likeness (QED) is 0.173. The predicted molar refractivity (Wildman–Crippen MR) is 87.4 cm³/mol. The first-order valence-corrected chi connectivity index (χ1v) is 7.96. The first-order chi connectivity index (χ1) is 11.2. The van der Waals surface area contributed by atoms with E-state index in [1.54, 1.807) is 0 Å². The van der Waals surface area contributed by atoms with E-state index >= 15 is 0 Å². The number of hydrogen-bond acceptors (Lipinski definition) is 4. The summed E-state index contributed by atoms with van der Waals surface area (Å²) >= 11 is 2.83. The zero-order valence-electron chi connectivity index (χ0n) is 13.2. The lowest BCUT2D eigenvalue weighted by molar-refractivity contribution is -0.132. The van der Waals surface area contributed by atoms with Gasteiger partial charge < -0.3 is 15.1 Å². The average molecular weight is 406 g/mol. The molecule has 8 heteroatoms. The number of carboxylic acid groups (broad SMARTS) is 1. The van der Waals surface area contributed by atoms with E-state index in [1.807, 2.05) is 13.8 Å². The molecule has 1 rings (SSSR count). The number of aliphatic hydroxyl groups is 1. The van der Waals surface area contributed by atoms with Crippen LogP contribution in [0.4, 0.5) is 8.78 Å². The summed E-state index contributed by atoms with van der Waals surface area (Å²) in [7, 11) is 0. The van der Waals surface area contributed by atoms with Crippen molar-refractivity contribution < 1.29 is 28.6 Å². The number of nitrogens with zero attached hydrogens (tertiary/aromatic N) is 1. The third-order valence-corrected chi connectivity index (χ3v) is 3.82.